The fourth-order valence-electron chi connectivity index (χ4n) is 3.96. The van der Waals surface area contributed by atoms with Crippen LogP contribution >= 0.6 is 0 Å². The first-order valence-corrected chi connectivity index (χ1v) is 9.34. The van der Waals surface area contributed by atoms with Gasteiger partial charge in [-0.3, -0.25) is 4.90 Å². The Morgan fingerprint density at radius 2 is 1.79 bits per heavy atom. The van der Waals surface area contributed by atoms with Gasteiger partial charge in [-0.15, -0.1) is 0 Å². The van der Waals surface area contributed by atoms with Crippen molar-refractivity contribution < 1.29 is 5.11 Å². The molecule has 1 aliphatic heterocycles. The minimum atomic E-state index is -0.460. The second-order valence-corrected chi connectivity index (χ2v) is 7.53. The van der Waals surface area contributed by atoms with E-state index < -0.39 is 5.60 Å². The highest BCUT2D eigenvalue weighted by atomic mass is 16.3. The van der Waals surface area contributed by atoms with Crippen LogP contribution in [-0.4, -0.2) is 41.3 Å². The zero-order valence-electron chi connectivity index (χ0n) is 14.5. The maximum atomic E-state index is 10.6. The fourth-order valence-corrected chi connectivity index (χ4v) is 3.96. The molecular formula is C20H29N3O. The lowest BCUT2D eigenvalue weighted by molar-refractivity contribution is 0.000669. The van der Waals surface area contributed by atoms with Crippen LogP contribution in [0.4, 0.5) is 0 Å². The Balaban J connectivity index is 1.39. The minimum absolute atomic E-state index is 0.460. The highest BCUT2D eigenvalue weighted by Crippen LogP contribution is 2.27. The number of benzene rings is 1. The number of nitrogens with one attached hydrogen (secondary N) is 1. The van der Waals surface area contributed by atoms with Crippen molar-refractivity contribution >= 4 is 0 Å². The number of hydrogen-bond donors (Lipinski definition) is 2. The van der Waals surface area contributed by atoms with Gasteiger partial charge in [-0.1, -0.05) is 31.4 Å². The summed E-state index contributed by atoms with van der Waals surface area (Å²) in [5.74, 6) is 0. The molecule has 1 aliphatic carbocycles. The SMILES string of the molecule is N#Cc1ccc(CN2CCC(NCC3(O)CCCCC3)CC2)cc1. The molecule has 4 heteroatoms. The van der Waals surface area contributed by atoms with Gasteiger partial charge in [-0.05, 0) is 56.5 Å². The zero-order valence-corrected chi connectivity index (χ0v) is 14.5. The first kappa shape index (κ1) is 17.4. The van der Waals surface area contributed by atoms with Crippen LogP contribution in [0.2, 0.25) is 0 Å². The number of hydrogen-bond acceptors (Lipinski definition) is 4. The summed E-state index contributed by atoms with van der Waals surface area (Å²) in [6, 6.07) is 10.6. The summed E-state index contributed by atoms with van der Waals surface area (Å²) in [6.45, 7) is 3.90. The van der Waals surface area contributed by atoms with Crippen LogP contribution in [0.25, 0.3) is 0 Å². The van der Waals surface area contributed by atoms with Crippen molar-refractivity contribution in [2.45, 2.75) is 63.1 Å². The van der Waals surface area contributed by atoms with Crippen molar-refractivity contribution in [3.8, 4) is 6.07 Å². The summed E-state index contributed by atoms with van der Waals surface area (Å²) in [5.41, 5.74) is 1.54. The van der Waals surface area contributed by atoms with Gasteiger partial charge in [0.05, 0.1) is 17.2 Å². The minimum Gasteiger partial charge on any atom is -0.389 e. The van der Waals surface area contributed by atoms with Gasteiger partial charge in [-0.2, -0.15) is 5.26 Å². The smallest absolute Gasteiger partial charge is 0.0991 e. The second kappa shape index (κ2) is 8.11. The molecule has 2 N–H and O–H groups in total. The van der Waals surface area contributed by atoms with Crippen LogP contribution in [-0.2, 0) is 6.54 Å². The molecule has 4 nitrogen and oxygen atoms in total. The predicted octanol–water partition coefficient (Wildman–Crippen LogP) is 2.81. The highest BCUT2D eigenvalue weighted by molar-refractivity contribution is 5.31. The van der Waals surface area contributed by atoms with E-state index in [9.17, 15) is 5.11 Å². The van der Waals surface area contributed by atoms with Crippen molar-refractivity contribution in [3.63, 3.8) is 0 Å². The van der Waals surface area contributed by atoms with Crippen molar-refractivity contribution in [1.29, 1.82) is 5.26 Å². The van der Waals surface area contributed by atoms with Gasteiger partial charge in [-0.25, -0.2) is 0 Å². The first-order chi connectivity index (χ1) is 11.7. The number of piperidine rings is 1. The van der Waals surface area contributed by atoms with Crippen molar-refractivity contribution in [1.82, 2.24) is 10.2 Å². The quantitative estimate of drug-likeness (QED) is 0.873. The van der Waals surface area contributed by atoms with E-state index in [1.54, 1.807) is 0 Å². The molecule has 1 aromatic carbocycles. The number of nitrogens with zero attached hydrogens (tertiary/aromatic N) is 2. The summed E-state index contributed by atoms with van der Waals surface area (Å²) < 4.78 is 0. The number of likely N-dealkylation sites (tertiary alicyclic amines) is 1. The van der Waals surface area contributed by atoms with Gasteiger partial charge in [0.15, 0.2) is 0 Å². The molecule has 1 aromatic rings. The van der Waals surface area contributed by atoms with E-state index in [0.717, 1.165) is 57.4 Å². The average Bonchev–Trinajstić information content (AvgIpc) is 2.62. The molecule has 3 rings (SSSR count). The molecule has 0 radical (unpaired) electrons. The lowest BCUT2D eigenvalue weighted by Gasteiger charge is -2.37. The van der Waals surface area contributed by atoms with Gasteiger partial charge in [0.2, 0.25) is 0 Å². The lowest BCUT2D eigenvalue weighted by Crippen LogP contribution is -2.49. The Labute approximate surface area is 145 Å². The molecule has 2 fully saturated rings. The Morgan fingerprint density at radius 3 is 2.42 bits per heavy atom. The molecule has 0 aromatic heterocycles. The van der Waals surface area contributed by atoms with E-state index in [4.69, 9.17) is 5.26 Å². The van der Waals surface area contributed by atoms with Gasteiger partial charge < -0.3 is 10.4 Å². The van der Waals surface area contributed by atoms with Crippen LogP contribution in [0.5, 0.6) is 0 Å². The van der Waals surface area contributed by atoms with E-state index in [0.29, 0.717) is 6.04 Å². The Hall–Kier alpha value is -1.41. The fraction of sp³-hybridized carbons (Fsp3) is 0.650. The van der Waals surface area contributed by atoms with Gasteiger partial charge in [0.25, 0.3) is 0 Å². The van der Waals surface area contributed by atoms with Crippen LogP contribution in [0.15, 0.2) is 24.3 Å². The highest BCUT2D eigenvalue weighted by Gasteiger charge is 2.30. The summed E-state index contributed by atoms with van der Waals surface area (Å²) in [5, 5.41) is 23.1. The molecule has 130 valence electrons. The van der Waals surface area contributed by atoms with Gasteiger partial charge in [0.1, 0.15) is 0 Å². The predicted molar refractivity (Wildman–Crippen MR) is 95.5 cm³/mol. The van der Waals surface area contributed by atoms with Crippen LogP contribution in [0, 0.1) is 11.3 Å². The van der Waals surface area contributed by atoms with Crippen LogP contribution in [0.3, 0.4) is 0 Å². The molecule has 1 heterocycles. The third-order valence-corrected chi connectivity index (χ3v) is 5.58. The normalized spacial score (nSPS) is 22.2. The molecule has 0 spiro atoms. The molecule has 2 aliphatic rings. The molecule has 0 amide bonds. The second-order valence-electron chi connectivity index (χ2n) is 7.53. The number of rotatable bonds is 5. The van der Waals surface area contributed by atoms with Crippen molar-refractivity contribution in [3.05, 3.63) is 35.4 Å². The average molecular weight is 327 g/mol. The lowest BCUT2D eigenvalue weighted by atomic mass is 9.84. The third kappa shape index (κ3) is 4.80. The topological polar surface area (TPSA) is 59.3 Å². The first-order valence-electron chi connectivity index (χ1n) is 9.34. The zero-order chi connectivity index (χ0) is 16.8. The molecule has 0 bridgehead atoms. The maximum Gasteiger partial charge on any atom is 0.0991 e. The molecule has 1 saturated carbocycles. The Kier molecular flexibility index (Phi) is 5.89. The monoisotopic (exact) mass is 327 g/mol. The molecule has 24 heavy (non-hydrogen) atoms. The molecule has 1 saturated heterocycles. The van der Waals surface area contributed by atoms with E-state index in [-0.39, 0.29) is 0 Å². The van der Waals surface area contributed by atoms with E-state index in [1.165, 1.54) is 24.8 Å². The molecule has 0 atom stereocenters. The molecular weight excluding hydrogens is 298 g/mol. The largest absolute Gasteiger partial charge is 0.389 e. The van der Waals surface area contributed by atoms with Gasteiger partial charge >= 0.3 is 0 Å². The standard InChI is InChI=1S/C20H29N3O/c21-14-17-4-6-18(7-5-17)15-23-12-8-19(9-13-23)22-16-20(24)10-2-1-3-11-20/h4-7,19,22,24H,1-3,8-13,15-16H2. The third-order valence-electron chi connectivity index (χ3n) is 5.58. The van der Waals surface area contributed by atoms with Gasteiger partial charge in [0, 0.05) is 19.1 Å². The van der Waals surface area contributed by atoms with Crippen LogP contribution < -0.4 is 5.32 Å². The number of nitriles is 1. The van der Waals surface area contributed by atoms with E-state index >= 15 is 0 Å². The summed E-state index contributed by atoms with van der Waals surface area (Å²) in [7, 11) is 0. The number of aliphatic hydroxyl groups is 1. The summed E-state index contributed by atoms with van der Waals surface area (Å²) in [6.07, 6.45) is 7.81. The van der Waals surface area contributed by atoms with E-state index in [2.05, 4.69) is 28.4 Å². The van der Waals surface area contributed by atoms with Crippen molar-refractivity contribution in [2.24, 2.45) is 0 Å². The Bertz CT molecular complexity index is 549. The molecule has 0 unspecified atom stereocenters. The van der Waals surface area contributed by atoms with Crippen molar-refractivity contribution in [2.75, 3.05) is 19.6 Å². The summed E-state index contributed by atoms with van der Waals surface area (Å²) in [4.78, 5) is 2.48. The van der Waals surface area contributed by atoms with Crippen LogP contribution in [0.1, 0.15) is 56.1 Å². The Morgan fingerprint density at radius 1 is 1.12 bits per heavy atom. The van der Waals surface area contributed by atoms with E-state index in [1.807, 2.05) is 12.1 Å². The summed E-state index contributed by atoms with van der Waals surface area (Å²) >= 11 is 0. The maximum absolute atomic E-state index is 10.6.